The summed E-state index contributed by atoms with van der Waals surface area (Å²) in [6.45, 7) is 3.67. The highest BCUT2D eigenvalue weighted by Gasteiger charge is 2.19. The number of benzene rings is 2. The van der Waals surface area contributed by atoms with E-state index in [4.69, 9.17) is 11.6 Å². The number of hydrogen-bond donors (Lipinski definition) is 2. The number of anilines is 1. The van der Waals surface area contributed by atoms with Crippen molar-refractivity contribution in [3.05, 3.63) is 82.2 Å². The van der Waals surface area contributed by atoms with Gasteiger partial charge in [0.1, 0.15) is 4.88 Å². The van der Waals surface area contributed by atoms with Crippen molar-refractivity contribution in [2.45, 2.75) is 0 Å². The first-order valence-electron chi connectivity index (χ1n) is 7.65. The SMILES string of the molecule is C=Cc1ccc(C(=O)Nc2cc(-c3ccccc3Cl)sc2C(=O)O)cc1. The van der Waals surface area contributed by atoms with Gasteiger partial charge in [0, 0.05) is 21.0 Å². The van der Waals surface area contributed by atoms with Gasteiger partial charge >= 0.3 is 5.97 Å². The lowest BCUT2D eigenvalue weighted by molar-refractivity contribution is 0.0703. The Morgan fingerprint density at radius 3 is 2.42 bits per heavy atom. The number of nitrogens with one attached hydrogen (secondary N) is 1. The number of aromatic carboxylic acids is 1. The van der Waals surface area contributed by atoms with E-state index < -0.39 is 5.97 Å². The zero-order chi connectivity index (χ0) is 18.7. The number of amides is 1. The van der Waals surface area contributed by atoms with Crippen LogP contribution in [0.15, 0.2) is 61.2 Å². The van der Waals surface area contributed by atoms with Crippen LogP contribution in [0, 0.1) is 0 Å². The molecular formula is C20H14ClNO3S. The zero-order valence-electron chi connectivity index (χ0n) is 13.5. The summed E-state index contributed by atoms with van der Waals surface area (Å²) in [7, 11) is 0. The first kappa shape index (κ1) is 17.9. The van der Waals surface area contributed by atoms with Crippen molar-refractivity contribution in [2.75, 3.05) is 5.32 Å². The van der Waals surface area contributed by atoms with Crippen LogP contribution in [-0.2, 0) is 0 Å². The Balaban J connectivity index is 1.93. The predicted octanol–water partition coefficient (Wildman–Crippen LogP) is 5.66. The second-order valence-electron chi connectivity index (χ2n) is 5.42. The van der Waals surface area contributed by atoms with Gasteiger partial charge in [-0.2, -0.15) is 0 Å². The number of thiophene rings is 1. The Labute approximate surface area is 159 Å². The Morgan fingerprint density at radius 1 is 1.12 bits per heavy atom. The van der Waals surface area contributed by atoms with Crippen LogP contribution >= 0.6 is 22.9 Å². The molecule has 1 aromatic heterocycles. The highest BCUT2D eigenvalue weighted by molar-refractivity contribution is 7.18. The minimum atomic E-state index is -1.11. The molecule has 1 heterocycles. The van der Waals surface area contributed by atoms with Crippen molar-refractivity contribution >= 4 is 46.6 Å². The minimum Gasteiger partial charge on any atom is -0.477 e. The van der Waals surface area contributed by atoms with E-state index in [2.05, 4.69) is 11.9 Å². The van der Waals surface area contributed by atoms with Gasteiger partial charge in [-0.3, -0.25) is 4.79 Å². The van der Waals surface area contributed by atoms with Crippen LogP contribution in [0.2, 0.25) is 5.02 Å². The summed E-state index contributed by atoms with van der Waals surface area (Å²) in [5, 5.41) is 12.7. The molecule has 2 aromatic carbocycles. The van der Waals surface area contributed by atoms with Crippen LogP contribution in [0.4, 0.5) is 5.69 Å². The van der Waals surface area contributed by atoms with Gasteiger partial charge in [-0.15, -0.1) is 11.3 Å². The summed E-state index contributed by atoms with van der Waals surface area (Å²) in [5.74, 6) is -1.49. The highest BCUT2D eigenvalue weighted by Crippen LogP contribution is 2.38. The quantitative estimate of drug-likeness (QED) is 0.597. The maximum atomic E-state index is 12.4. The van der Waals surface area contributed by atoms with E-state index in [1.165, 1.54) is 0 Å². The number of rotatable bonds is 5. The second-order valence-corrected chi connectivity index (χ2v) is 6.88. The van der Waals surface area contributed by atoms with E-state index in [1.54, 1.807) is 54.6 Å². The molecule has 2 N–H and O–H groups in total. The number of hydrogen-bond acceptors (Lipinski definition) is 3. The van der Waals surface area contributed by atoms with Gasteiger partial charge in [-0.05, 0) is 29.8 Å². The molecule has 0 radical (unpaired) electrons. The lowest BCUT2D eigenvalue weighted by atomic mass is 10.1. The molecule has 6 heteroatoms. The van der Waals surface area contributed by atoms with Gasteiger partial charge in [-0.1, -0.05) is 54.6 Å². The summed E-state index contributed by atoms with van der Waals surface area (Å²) in [6, 6.07) is 15.6. The summed E-state index contributed by atoms with van der Waals surface area (Å²) < 4.78 is 0. The number of carboxylic acids is 1. The fourth-order valence-electron chi connectivity index (χ4n) is 2.40. The highest BCUT2D eigenvalue weighted by atomic mass is 35.5. The fourth-order valence-corrected chi connectivity index (χ4v) is 3.69. The first-order valence-corrected chi connectivity index (χ1v) is 8.85. The van der Waals surface area contributed by atoms with E-state index in [-0.39, 0.29) is 16.5 Å². The Bertz CT molecular complexity index is 993. The average molecular weight is 384 g/mol. The van der Waals surface area contributed by atoms with Crippen LogP contribution in [-0.4, -0.2) is 17.0 Å². The molecule has 0 aliphatic carbocycles. The van der Waals surface area contributed by atoms with E-state index in [0.29, 0.717) is 15.5 Å². The topological polar surface area (TPSA) is 66.4 Å². The molecule has 0 unspecified atom stereocenters. The third kappa shape index (κ3) is 3.69. The van der Waals surface area contributed by atoms with Gasteiger partial charge < -0.3 is 10.4 Å². The van der Waals surface area contributed by atoms with Crippen molar-refractivity contribution in [3.8, 4) is 10.4 Å². The first-order chi connectivity index (χ1) is 12.5. The molecule has 0 atom stereocenters. The lowest BCUT2D eigenvalue weighted by Gasteiger charge is -2.05. The molecule has 0 aliphatic rings. The molecule has 3 rings (SSSR count). The van der Waals surface area contributed by atoms with Crippen LogP contribution in [0.5, 0.6) is 0 Å². The Kier molecular flexibility index (Phi) is 5.21. The standard InChI is InChI=1S/C20H14ClNO3S/c1-2-12-7-9-13(10-8-12)19(23)22-16-11-17(26-18(16)20(24)25)14-5-3-4-6-15(14)21/h2-11H,1H2,(H,22,23)(H,24,25). The van der Waals surface area contributed by atoms with Crippen molar-refractivity contribution in [1.29, 1.82) is 0 Å². The summed E-state index contributed by atoms with van der Waals surface area (Å²) >= 11 is 7.26. The van der Waals surface area contributed by atoms with Gasteiger partial charge in [0.2, 0.25) is 0 Å². The van der Waals surface area contributed by atoms with Gasteiger partial charge in [0.05, 0.1) is 5.69 Å². The average Bonchev–Trinajstić information content (AvgIpc) is 3.06. The van der Waals surface area contributed by atoms with E-state index >= 15 is 0 Å². The monoisotopic (exact) mass is 383 g/mol. The van der Waals surface area contributed by atoms with Crippen LogP contribution in [0.1, 0.15) is 25.6 Å². The summed E-state index contributed by atoms with van der Waals surface area (Å²) in [6.07, 6.45) is 1.68. The fraction of sp³-hybridized carbons (Fsp3) is 0. The third-order valence-electron chi connectivity index (χ3n) is 3.72. The van der Waals surface area contributed by atoms with Gasteiger partial charge in [0.15, 0.2) is 0 Å². The molecular weight excluding hydrogens is 370 g/mol. The smallest absolute Gasteiger partial charge is 0.348 e. The zero-order valence-corrected chi connectivity index (χ0v) is 15.1. The van der Waals surface area contributed by atoms with E-state index in [0.717, 1.165) is 22.5 Å². The number of halogens is 1. The second kappa shape index (κ2) is 7.56. The lowest BCUT2D eigenvalue weighted by Crippen LogP contribution is -2.13. The van der Waals surface area contributed by atoms with Gasteiger partial charge in [-0.25, -0.2) is 4.79 Å². The van der Waals surface area contributed by atoms with Crippen molar-refractivity contribution in [2.24, 2.45) is 0 Å². The van der Waals surface area contributed by atoms with Gasteiger partial charge in [0.25, 0.3) is 5.91 Å². The largest absolute Gasteiger partial charge is 0.477 e. The molecule has 4 nitrogen and oxygen atoms in total. The van der Waals surface area contributed by atoms with E-state index in [1.807, 2.05) is 6.07 Å². The number of carbonyl (C=O) groups excluding carboxylic acids is 1. The molecule has 26 heavy (non-hydrogen) atoms. The minimum absolute atomic E-state index is 0.0518. The van der Waals surface area contributed by atoms with Crippen LogP contribution in [0.3, 0.4) is 0 Å². The molecule has 0 bridgehead atoms. The third-order valence-corrected chi connectivity index (χ3v) is 5.21. The Hall–Kier alpha value is -2.89. The van der Waals surface area contributed by atoms with E-state index in [9.17, 15) is 14.7 Å². The molecule has 0 spiro atoms. The molecule has 1 amide bonds. The molecule has 0 saturated carbocycles. The van der Waals surface area contributed by atoms with Crippen molar-refractivity contribution in [1.82, 2.24) is 0 Å². The molecule has 0 saturated heterocycles. The van der Waals surface area contributed by atoms with Crippen LogP contribution < -0.4 is 5.32 Å². The summed E-state index contributed by atoms with van der Waals surface area (Å²) in [4.78, 5) is 24.7. The molecule has 130 valence electrons. The van der Waals surface area contributed by atoms with Crippen LogP contribution in [0.25, 0.3) is 16.5 Å². The molecule has 0 fully saturated rings. The number of carboxylic acid groups (broad SMARTS) is 1. The molecule has 3 aromatic rings. The maximum Gasteiger partial charge on any atom is 0.348 e. The maximum absolute atomic E-state index is 12.4. The summed E-state index contributed by atoms with van der Waals surface area (Å²) in [5.41, 5.74) is 2.29. The molecule has 0 aliphatic heterocycles. The van der Waals surface area contributed by atoms with Crippen molar-refractivity contribution < 1.29 is 14.7 Å². The predicted molar refractivity (Wildman–Crippen MR) is 106 cm³/mol. The Morgan fingerprint density at radius 2 is 1.81 bits per heavy atom. The normalized spacial score (nSPS) is 10.3. The van der Waals surface area contributed by atoms with Crippen molar-refractivity contribution in [3.63, 3.8) is 0 Å². The number of carbonyl (C=O) groups is 2.